The highest BCUT2D eigenvalue weighted by atomic mass is 15.2. The van der Waals surface area contributed by atoms with Crippen molar-refractivity contribution in [3.63, 3.8) is 0 Å². The lowest BCUT2D eigenvalue weighted by Crippen LogP contribution is -2.50. The predicted molar refractivity (Wildman–Crippen MR) is 83.2 cm³/mol. The quantitative estimate of drug-likeness (QED) is 0.774. The SMILES string of the molecule is CN1CCC(N2CCCC3(CCc4ccccc43)C2)C1. The van der Waals surface area contributed by atoms with Crippen LogP contribution in [-0.4, -0.2) is 49.1 Å². The van der Waals surface area contributed by atoms with E-state index < -0.39 is 0 Å². The van der Waals surface area contributed by atoms with Crippen LogP contribution in [0.1, 0.15) is 36.8 Å². The average molecular weight is 270 g/mol. The maximum atomic E-state index is 2.81. The molecule has 0 aromatic heterocycles. The summed E-state index contributed by atoms with van der Waals surface area (Å²) in [5.74, 6) is 0. The van der Waals surface area contributed by atoms with E-state index in [1.54, 1.807) is 11.1 Å². The van der Waals surface area contributed by atoms with Crippen molar-refractivity contribution in [1.29, 1.82) is 0 Å². The molecule has 2 unspecified atom stereocenters. The van der Waals surface area contributed by atoms with Gasteiger partial charge in [-0.2, -0.15) is 0 Å². The van der Waals surface area contributed by atoms with Crippen LogP contribution in [-0.2, 0) is 11.8 Å². The van der Waals surface area contributed by atoms with Crippen molar-refractivity contribution in [3.05, 3.63) is 35.4 Å². The Kier molecular flexibility index (Phi) is 3.12. The van der Waals surface area contributed by atoms with Gasteiger partial charge >= 0.3 is 0 Å². The first-order valence-corrected chi connectivity index (χ1v) is 8.28. The van der Waals surface area contributed by atoms with Gasteiger partial charge in [0.15, 0.2) is 0 Å². The molecule has 2 atom stereocenters. The zero-order valence-electron chi connectivity index (χ0n) is 12.6. The Morgan fingerprint density at radius 3 is 2.90 bits per heavy atom. The minimum absolute atomic E-state index is 0.482. The van der Waals surface area contributed by atoms with E-state index in [-0.39, 0.29) is 0 Å². The van der Waals surface area contributed by atoms with Crippen LogP contribution in [0.5, 0.6) is 0 Å². The maximum absolute atomic E-state index is 2.81. The molecular formula is C18H26N2. The smallest absolute Gasteiger partial charge is 0.0235 e. The Morgan fingerprint density at radius 1 is 1.15 bits per heavy atom. The molecule has 2 aliphatic heterocycles. The molecule has 0 saturated carbocycles. The van der Waals surface area contributed by atoms with Gasteiger partial charge in [-0.05, 0) is 63.4 Å². The van der Waals surface area contributed by atoms with Crippen molar-refractivity contribution in [1.82, 2.24) is 9.80 Å². The minimum atomic E-state index is 0.482. The predicted octanol–water partition coefficient (Wildman–Crippen LogP) is 2.67. The molecule has 1 aromatic carbocycles. The summed E-state index contributed by atoms with van der Waals surface area (Å²) < 4.78 is 0. The van der Waals surface area contributed by atoms with E-state index in [2.05, 4.69) is 41.1 Å². The Bertz CT molecular complexity index is 494. The summed E-state index contributed by atoms with van der Waals surface area (Å²) in [6.45, 7) is 5.19. The lowest BCUT2D eigenvalue weighted by molar-refractivity contribution is 0.104. The highest BCUT2D eigenvalue weighted by Crippen LogP contribution is 2.45. The third-order valence-corrected chi connectivity index (χ3v) is 5.95. The van der Waals surface area contributed by atoms with Crippen molar-refractivity contribution in [2.75, 3.05) is 33.2 Å². The lowest BCUT2D eigenvalue weighted by Gasteiger charge is -2.44. The van der Waals surface area contributed by atoms with Gasteiger partial charge in [-0.1, -0.05) is 24.3 Å². The Hall–Kier alpha value is -0.860. The number of rotatable bonds is 1. The topological polar surface area (TPSA) is 6.48 Å². The summed E-state index contributed by atoms with van der Waals surface area (Å²) in [5.41, 5.74) is 3.78. The molecule has 4 rings (SSSR count). The second-order valence-corrected chi connectivity index (χ2v) is 7.22. The average Bonchev–Trinajstić information content (AvgIpc) is 3.05. The van der Waals surface area contributed by atoms with E-state index in [0.717, 1.165) is 6.04 Å². The zero-order chi connectivity index (χ0) is 13.6. The number of hydrogen-bond acceptors (Lipinski definition) is 2. The number of fused-ring (bicyclic) bond motifs is 2. The molecule has 1 aliphatic carbocycles. The third kappa shape index (κ3) is 2.01. The first-order chi connectivity index (χ1) is 9.77. The van der Waals surface area contributed by atoms with Crippen molar-refractivity contribution >= 4 is 0 Å². The van der Waals surface area contributed by atoms with Gasteiger partial charge in [0.2, 0.25) is 0 Å². The van der Waals surface area contributed by atoms with Crippen LogP contribution < -0.4 is 0 Å². The number of likely N-dealkylation sites (N-methyl/N-ethyl adjacent to an activating group) is 1. The minimum Gasteiger partial charge on any atom is -0.305 e. The number of nitrogens with zero attached hydrogens (tertiary/aromatic N) is 2. The van der Waals surface area contributed by atoms with Crippen LogP contribution in [0.25, 0.3) is 0 Å². The van der Waals surface area contributed by atoms with E-state index in [0.29, 0.717) is 5.41 Å². The fraction of sp³-hybridized carbons (Fsp3) is 0.667. The molecule has 0 bridgehead atoms. The highest BCUT2D eigenvalue weighted by molar-refractivity contribution is 5.40. The summed E-state index contributed by atoms with van der Waals surface area (Å²) in [7, 11) is 2.27. The number of piperidine rings is 1. The van der Waals surface area contributed by atoms with Gasteiger partial charge in [0.1, 0.15) is 0 Å². The molecular weight excluding hydrogens is 244 g/mol. The molecule has 0 radical (unpaired) electrons. The van der Waals surface area contributed by atoms with Crippen LogP contribution in [0.3, 0.4) is 0 Å². The molecule has 3 aliphatic rings. The van der Waals surface area contributed by atoms with Crippen molar-refractivity contribution in [2.45, 2.75) is 43.6 Å². The summed E-state index contributed by atoms with van der Waals surface area (Å²) in [6, 6.07) is 10.0. The van der Waals surface area contributed by atoms with Crippen LogP contribution >= 0.6 is 0 Å². The Morgan fingerprint density at radius 2 is 2.05 bits per heavy atom. The van der Waals surface area contributed by atoms with E-state index >= 15 is 0 Å². The number of benzene rings is 1. The maximum Gasteiger partial charge on any atom is 0.0235 e. The molecule has 2 fully saturated rings. The van der Waals surface area contributed by atoms with Gasteiger partial charge in [-0.3, -0.25) is 4.90 Å². The summed E-state index contributed by atoms with van der Waals surface area (Å²) >= 11 is 0. The molecule has 2 heterocycles. The van der Waals surface area contributed by atoms with E-state index in [4.69, 9.17) is 0 Å². The van der Waals surface area contributed by atoms with Crippen LogP contribution in [0.15, 0.2) is 24.3 Å². The largest absolute Gasteiger partial charge is 0.305 e. The Labute approximate surface area is 122 Å². The molecule has 108 valence electrons. The molecule has 1 spiro atoms. The Balaban J connectivity index is 1.58. The summed E-state index contributed by atoms with van der Waals surface area (Å²) in [4.78, 5) is 5.31. The fourth-order valence-electron chi connectivity index (χ4n) is 4.88. The molecule has 0 amide bonds. The molecule has 0 N–H and O–H groups in total. The highest BCUT2D eigenvalue weighted by Gasteiger charge is 2.43. The van der Waals surface area contributed by atoms with Gasteiger partial charge in [0, 0.05) is 24.5 Å². The molecule has 2 nitrogen and oxygen atoms in total. The van der Waals surface area contributed by atoms with Crippen LogP contribution in [0.4, 0.5) is 0 Å². The first kappa shape index (κ1) is 12.8. The van der Waals surface area contributed by atoms with E-state index in [1.807, 2.05) is 0 Å². The van der Waals surface area contributed by atoms with Gasteiger partial charge in [0.05, 0.1) is 0 Å². The van der Waals surface area contributed by atoms with Gasteiger partial charge < -0.3 is 4.90 Å². The van der Waals surface area contributed by atoms with Gasteiger partial charge in [-0.15, -0.1) is 0 Å². The number of hydrogen-bond donors (Lipinski definition) is 0. The summed E-state index contributed by atoms with van der Waals surface area (Å²) in [5, 5.41) is 0. The van der Waals surface area contributed by atoms with E-state index in [1.165, 1.54) is 58.3 Å². The second kappa shape index (κ2) is 4.85. The van der Waals surface area contributed by atoms with Crippen LogP contribution in [0.2, 0.25) is 0 Å². The number of aryl methyl sites for hydroxylation is 1. The van der Waals surface area contributed by atoms with Crippen molar-refractivity contribution < 1.29 is 0 Å². The van der Waals surface area contributed by atoms with E-state index in [9.17, 15) is 0 Å². The van der Waals surface area contributed by atoms with Crippen LogP contribution in [0, 0.1) is 0 Å². The third-order valence-electron chi connectivity index (χ3n) is 5.95. The number of likely N-dealkylation sites (tertiary alicyclic amines) is 2. The molecule has 1 aromatic rings. The summed E-state index contributed by atoms with van der Waals surface area (Å²) in [6.07, 6.45) is 6.84. The molecule has 2 heteroatoms. The zero-order valence-corrected chi connectivity index (χ0v) is 12.6. The normalized spacial score (nSPS) is 34.8. The lowest BCUT2D eigenvalue weighted by atomic mass is 9.75. The molecule has 2 saturated heterocycles. The fourth-order valence-corrected chi connectivity index (χ4v) is 4.88. The first-order valence-electron chi connectivity index (χ1n) is 8.28. The standard InChI is InChI=1S/C18H26N2/c1-19-12-8-16(13-19)20-11-4-9-18(14-20)10-7-15-5-2-3-6-17(15)18/h2-3,5-6,16H,4,7-14H2,1H3. The van der Waals surface area contributed by atoms with Crippen molar-refractivity contribution in [2.24, 2.45) is 0 Å². The van der Waals surface area contributed by atoms with Gasteiger partial charge in [-0.25, -0.2) is 0 Å². The second-order valence-electron chi connectivity index (χ2n) is 7.22. The van der Waals surface area contributed by atoms with Gasteiger partial charge in [0.25, 0.3) is 0 Å². The molecule has 20 heavy (non-hydrogen) atoms. The monoisotopic (exact) mass is 270 g/mol. The van der Waals surface area contributed by atoms with Crippen molar-refractivity contribution in [3.8, 4) is 0 Å².